The molecule has 0 aromatic heterocycles. The molecule has 0 spiro atoms. The molecule has 0 fully saturated rings. The van der Waals surface area contributed by atoms with Crippen molar-refractivity contribution in [2.24, 2.45) is 11.7 Å². The molecule has 1 aromatic rings. The smallest absolute Gasteiger partial charge is 0.236 e. The number of alkyl halides is 1. The fourth-order valence-electron chi connectivity index (χ4n) is 2.09. The quantitative estimate of drug-likeness (QED) is 0.701. The maximum Gasteiger partial charge on any atom is 0.236 e. The molecule has 1 rings (SSSR count). The van der Waals surface area contributed by atoms with Crippen molar-refractivity contribution in [3.05, 3.63) is 35.9 Å². The number of amides is 1. The zero-order valence-electron chi connectivity index (χ0n) is 12.7. The van der Waals surface area contributed by atoms with E-state index in [0.717, 1.165) is 12.0 Å². The molecule has 0 aliphatic rings. The molecular formula is C16H25BrN2O2. The van der Waals surface area contributed by atoms with E-state index in [2.05, 4.69) is 29.8 Å². The number of hydrogen-bond acceptors (Lipinski definition) is 3. The summed E-state index contributed by atoms with van der Waals surface area (Å²) in [7, 11) is 0. The number of aliphatic hydroxyl groups is 1. The minimum atomic E-state index is -0.420. The van der Waals surface area contributed by atoms with E-state index in [1.54, 1.807) is 4.90 Å². The van der Waals surface area contributed by atoms with Crippen molar-refractivity contribution >= 4 is 21.8 Å². The highest BCUT2D eigenvalue weighted by Gasteiger charge is 2.24. The number of benzene rings is 1. The standard InChI is InChI=1S/C16H25BrN2O2/c1-12(2)8-15(17)16(21)19(10-14(18)11-20)9-13-6-4-3-5-7-13/h3-7,12,14-15,20H,8-11,18H2,1-2H3/t14-,15-/m1/s1. The van der Waals surface area contributed by atoms with Crippen molar-refractivity contribution in [2.45, 2.75) is 37.7 Å². The Hall–Kier alpha value is -0.910. The third kappa shape index (κ3) is 6.59. The van der Waals surface area contributed by atoms with Crippen molar-refractivity contribution in [3.8, 4) is 0 Å². The summed E-state index contributed by atoms with van der Waals surface area (Å²) >= 11 is 3.48. The van der Waals surface area contributed by atoms with Gasteiger partial charge in [-0.25, -0.2) is 0 Å². The summed E-state index contributed by atoms with van der Waals surface area (Å²) in [4.78, 5) is 14.1. The predicted octanol–water partition coefficient (Wildman–Crippen LogP) is 2.14. The van der Waals surface area contributed by atoms with E-state index in [0.29, 0.717) is 19.0 Å². The van der Waals surface area contributed by atoms with Crippen LogP contribution < -0.4 is 5.73 Å². The van der Waals surface area contributed by atoms with Crippen LogP contribution >= 0.6 is 15.9 Å². The third-order valence-corrected chi connectivity index (χ3v) is 3.93. The summed E-state index contributed by atoms with van der Waals surface area (Å²) in [6.07, 6.45) is 0.776. The summed E-state index contributed by atoms with van der Waals surface area (Å²) in [6.45, 7) is 4.90. The molecular weight excluding hydrogens is 332 g/mol. The van der Waals surface area contributed by atoms with Gasteiger partial charge in [0.25, 0.3) is 0 Å². The van der Waals surface area contributed by atoms with E-state index < -0.39 is 6.04 Å². The minimum absolute atomic E-state index is 0.0245. The fourth-order valence-corrected chi connectivity index (χ4v) is 3.13. The van der Waals surface area contributed by atoms with Gasteiger partial charge in [-0.3, -0.25) is 4.79 Å². The van der Waals surface area contributed by atoms with Crippen molar-refractivity contribution < 1.29 is 9.90 Å². The summed E-state index contributed by atoms with van der Waals surface area (Å²) in [5.41, 5.74) is 6.86. The average Bonchev–Trinajstić information content (AvgIpc) is 2.46. The van der Waals surface area contributed by atoms with E-state index in [1.165, 1.54) is 0 Å². The lowest BCUT2D eigenvalue weighted by Crippen LogP contribution is -2.45. The first-order chi connectivity index (χ1) is 9.93. The zero-order valence-corrected chi connectivity index (χ0v) is 14.3. The second-order valence-electron chi connectivity index (χ2n) is 5.74. The van der Waals surface area contributed by atoms with Gasteiger partial charge in [-0.05, 0) is 17.9 Å². The third-order valence-electron chi connectivity index (χ3n) is 3.16. The van der Waals surface area contributed by atoms with Crippen LogP contribution in [0.5, 0.6) is 0 Å². The largest absolute Gasteiger partial charge is 0.395 e. The van der Waals surface area contributed by atoms with Gasteiger partial charge >= 0.3 is 0 Å². The minimum Gasteiger partial charge on any atom is -0.395 e. The number of nitrogens with zero attached hydrogens (tertiary/aromatic N) is 1. The van der Waals surface area contributed by atoms with Gasteiger partial charge in [-0.15, -0.1) is 0 Å². The Balaban J connectivity index is 2.78. The number of rotatable bonds is 8. The second-order valence-corrected chi connectivity index (χ2v) is 6.85. The SMILES string of the molecule is CC(C)C[C@@H](Br)C(=O)N(Cc1ccccc1)C[C@@H](N)CO. The van der Waals surface area contributed by atoms with Crippen LogP contribution in [0.3, 0.4) is 0 Å². The van der Waals surface area contributed by atoms with Crippen LogP contribution in [0.25, 0.3) is 0 Å². The van der Waals surface area contributed by atoms with Crippen molar-refractivity contribution in [2.75, 3.05) is 13.2 Å². The number of hydrogen-bond donors (Lipinski definition) is 2. The van der Waals surface area contributed by atoms with Gasteiger partial charge in [0.2, 0.25) is 5.91 Å². The van der Waals surface area contributed by atoms with E-state index in [9.17, 15) is 4.79 Å². The van der Waals surface area contributed by atoms with Crippen LogP contribution in [0.2, 0.25) is 0 Å². The molecule has 4 nitrogen and oxygen atoms in total. The Kier molecular flexibility index (Phi) is 7.93. The number of nitrogens with two attached hydrogens (primary N) is 1. The Morgan fingerprint density at radius 3 is 2.48 bits per heavy atom. The molecule has 0 bridgehead atoms. The Bertz CT molecular complexity index is 426. The van der Waals surface area contributed by atoms with E-state index >= 15 is 0 Å². The van der Waals surface area contributed by atoms with Gasteiger partial charge < -0.3 is 15.7 Å². The lowest BCUT2D eigenvalue weighted by Gasteiger charge is -2.28. The van der Waals surface area contributed by atoms with E-state index in [1.807, 2.05) is 30.3 Å². The van der Waals surface area contributed by atoms with Gasteiger partial charge in [-0.2, -0.15) is 0 Å². The van der Waals surface area contributed by atoms with Crippen molar-refractivity contribution in [1.29, 1.82) is 0 Å². The molecule has 21 heavy (non-hydrogen) atoms. The molecule has 3 N–H and O–H groups in total. The number of aliphatic hydroxyl groups excluding tert-OH is 1. The predicted molar refractivity (Wildman–Crippen MR) is 89.1 cm³/mol. The molecule has 0 radical (unpaired) electrons. The molecule has 1 aromatic carbocycles. The Morgan fingerprint density at radius 2 is 1.95 bits per heavy atom. The van der Waals surface area contributed by atoms with Crippen molar-refractivity contribution in [3.63, 3.8) is 0 Å². The molecule has 0 heterocycles. The molecule has 5 heteroatoms. The van der Waals surface area contributed by atoms with Gasteiger partial charge in [0.1, 0.15) is 0 Å². The van der Waals surface area contributed by atoms with Gasteiger partial charge in [0.05, 0.1) is 11.4 Å². The van der Waals surface area contributed by atoms with Crippen LogP contribution in [0.4, 0.5) is 0 Å². The molecule has 0 saturated heterocycles. The Morgan fingerprint density at radius 1 is 1.33 bits per heavy atom. The molecule has 0 unspecified atom stereocenters. The lowest BCUT2D eigenvalue weighted by atomic mass is 10.1. The van der Waals surface area contributed by atoms with Crippen LogP contribution in [-0.4, -0.2) is 39.9 Å². The number of carbonyl (C=O) groups excluding carboxylic acids is 1. The highest BCUT2D eigenvalue weighted by Crippen LogP contribution is 2.17. The van der Waals surface area contributed by atoms with Crippen molar-refractivity contribution in [1.82, 2.24) is 4.90 Å². The molecule has 0 aliphatic carbocycles. The number of carbonyl (C=O) groups is 1. The van der Waals surface area contributed by atoms with Crippen LogP contribution in [0.1, 0.15) is 25.8 Å². The maximum absolute atomic E-state index is 12.6. The zero-order chi connectivity index (χ0) is 15.8. The summed E-state index contributed by atoms with van der Waals surface area (Å²) in [5.74, 6) is 0.458. The van der Waals surface area contributed by atoms with Crippen LogP contribution in [-0.2, 0) is 11.3 Å². The first kappa shape index (κ1) is 18.1. The highest BCUT2D eigenvalue weighted by atomic mass is 79.9. The lowest BCUT2D eigenvalue weighted by molar-refractivity contribution is -0.131. The highest BCUT2D eigenvalue weighted by molar-refractivity contribution is 9.10. The fraction of sp³-hybridized carbons (Fsp3) is 0.562. The van der Waals surface area contributed by atoms with Gasteiger partial charge in [-0.1, -0.05) is 60.1 Å². The van der Waals surface area contributed by atoms with E-state index in [4.69, 9.17) is 10.8 Å². The summed E-state index contributed by atoms with van der Waals surface area (Å²) < 4.78 is 0. The second kappa shape index (κ2) is 9.18. The first-order valence-corrected chi connectivity index (χ1v) is 8.18. The molecule has 1 amide bonds. The van der Waals surface area contributed by atoms with Gasteiger partial charge in [0, 0.05) is 19.1 Å². The molecule has 118 valence electrons. The molecule has 2 atom stereocenters. The normalized spacial score (nSPS) is 14.0. The van der Waals surface area contributed by atoms with Crippen LogP contribution in [0, 0.1) is 5.92 Å². The maximum atomic E-state index is 12.6. The summed E-state index contributed by atoms with van der Waals surface area (Å²) in [6, 6.07) is 9.39. The topological polar surface area (TPSA) is 66.6 Å². The molecule has 0 saturated carbocycles. The van der Waals surface area contributed by atoms with Crippen LogP contribution in [0.15, 0.2) is 30.3 Å². The Labute approximate surface area is 135 Å². The van der Waals surface area contributed by atoms with Gasteiger partial charge in [0.15, 0.2) is 0 Å². The average molecular weight is 357 g/mol. The monoisotopic (exact) mass is 356 g/mol. The number of halogens is 1. The first-order valence-electron chi connectivity index (χ1n) is 7.27. The summed E-state index contributed by atoms with van der Waals surface area (Å²) in [5, 5.41) is 9.14. The van der Waals surface area contributed by atoms with E-state index in [-0.39, 0.29) is 17.3 Å². The molecule has 0 aliphatic heterocycles.